The fourth-order valence-corrected chi connectivity index (χ4v) is 2.63. The molecule has 0 atom stereocenters. The van der Waals surface area contributed by atoms with Crippen LogP contribution in [0.25, 0.3) is 0 Å². The highest BCUT2D eigenvalue weighted by Crippen LogP contribution is 2.30. The minimum atomic E-state index is 0.290. The van der Waals surface area contributed by atoms with Crippen LogP contribution in [0.5, 0.6) is 0 Å². The van der Waals surface area contributed by atoms with E-state index in [-0.39, 0.29) is 5.92 Å². The molecule has 0 unspecified atom stereocenters. The monoisotopic (exact) mass is 289 g/mol. The number of aryl methyl sites for hydroxylation is 1. The van der Waals surface area contributed by atoms with Gasteiger partial charge in [-0.05, 0) is 24.0 Å². The van der Waals surface area contributed by atoms with E-state index in [0.29, 0.717) is 5.15 Å². The molecule has 0 bridgehead atoms. The van der Waals surface area contributed by atoms with Gasteiger partial charge in [-0.1, -0.05) is 49.7 Å². The minimum Gasteiger partial charge on any atom is -0.355 e. The summed E-state index contributed by atoms with van der Waals surface area (Å²) in [6.07, 6.45) is 1.53. The first-order chi connectivity index (χ1) is 9.50. The molecular weight excluding hydrogens is 270 g/mol. The maximum absolute atomic E-state index is 6.22. The zero-order chi connectivity index (χ0) is 14.7. The number of hydrogen-bond donors (Lipinski definition) is 0. The van der Waals surface area contributed by atoms with Crippen LogP contribution in [0.15, 0.2) is 30.6 Å². The van der Waals surface area contributed by atoms with E-state index in [9.17, 15) is 0 Å². The van der Waals surface area contributed by atoms with E-state index >= 15 is 0 Å². The smallest absolute Gasteiger partial charge is 0.138 e. The van der Waals surface area contributed by atoms with Crippen molar-refractivity contribution < 1.29 is 0 Å². The van der Waals surface area contributed by atoms with Crippen LogP contribution in [0.4, 0.5) is 5.82 Å². The van der Waals surface area contributed by atoms with Gasteiger partial charge < -0.3 is 4.90 Å². The van der Waals surface area contributed by atoms with E-state index in [1.54, 1.807) is 0 Å². The number of nitrogens with zero attached hydrogens (tertiary/aromatic N) is 3. The van der Waals surface area contributed by atoms with E-state index < -0.39 is 0 Å². The quantitative estimate of drug-likeness (QED) is 0.790. The summed E-state index contributed by atoms with van der Waals surface area (Å²) in [5.74, 6) is 1.20. The van der Waals surface area contributed by atoms with Crippen LogP contribution in [-0.4, -0.2) is 17.0 Å². The lowest BCUT2D eigenvalue weighted by atomic mass is 10.0. The average Bonchev–Trinajstić information content (AvgIpc) is 2.40. The predicted octanol–water partition coefficient (Wildman–Crippen LogP) is 4.20. The molecule has 0 aliphatic heterocycles. The number of benzene rings is 1. The third-order valence-electron chi connectivity index (χ3n) is 3.42. The summed E-state index contributed by atoms with van der Waals surface area (Å²) in [6, 6.07) is 8.38. The highest BCUT2D eigenvalue weighted by atomic mass is 35.5. The fraction of sp³-hybridized carbons (Fsp3) is 0.375. The molecule has 0 saturated heterocycles. The Morgan fingerprint density at radius 1 is 1.20 bits per heavy atom. The Hall–Kier alpha value is -1.61. The van der Waals surface area contributed by atoms with Crippen LogP contribution in [0, 0.1) is 6.92 Å². The van der Waals surface area contributed by atoms with Crippen LogP contribution in [0.2, 0.25) is 5.15 Å². The maximum atomic E-state index is 6.22. The highest BCUT2D eigenvalue weighted by molar-refractivity contribution is 6.30. The standard InChI is InChI=1S/C16H20ClN3/c1-11(2)14-15(17)18-10-19-16(14)20(4)9-13-8-6-5-7-12(13)3/h5-8,10-11H,9H2,1-4H3. The van der Waals surface area contributed by atoms with E-state index in [0.717, 1.165) is 17.9 Å². The molecule has 0 N–H and O–H groups in total. The molecule has 0 saturated carbocycles. The summed E-state index contributed by atoms with van der Waals surface area (Å²) in [4.78, 5) is 10.6. The molecule has 0 amide bonds. The summed E-state index contributed by atoms with van der Waals surface area (Å²) >= 11 is 6.22. The van der Waals surface area contributed by atoms with Gasteiger partial charge in [-0.15, -0.1) is 0 Å². The molecule has 2 aromatic rings. The lowest BCUT2D eigenvalue weighted by molar-refractivity contribution is 0.806. The number of hydrogen-bond acceptors (Lipinski definition) is 3. The van der Waals surface area contributed by atoms with E-state index in [2.05, 4.69) is 59.9 Å². The third kappa shape index (κ3) is 3.10. The topological polar surface area (TPSA) is 29.0 Å². The predicted molar refractivity (Wildman–Crippen MR) is 84.4 cm³/mol. The van der Waals surface area contributed by atoms with Crippen molar-refractivity contribution in [3.63, 3.8) is 0 Å². The molecule has 3 nitrogen and oxygen atoms in total. The Morgan fingerprint density at radius 3 is 2.55 bits per heavy atom. The van der Waals surface area contributed by atoms with E-state index in [1.807, 2.05) is 7.05 Å². The minimum absolute atomic E-state index is 0.290. The normalized spacial score (nSPS) is 10.9. The molecule has 1 heterocycles. The Kier molecular flexibility index (Phi) is 4.61. The second-order valence-electron chi connectivity index (χ2n) is 5.34. The molecule has 0 aliphatic carbocycles. The fourth-order valence-electron chi connectivity index (χ4n) is 2.28. The van der Waals surface area contributed by atoms with Crippen molar-refractivity contribution in [1.29, 1.82) is 0 Å². The Bertz CT molecular complexity index is 596. The van der Waals surface area contributed by atoms with E-state index in [4.69, 9.17) is 11.6 Å². The molecular formula is C16H20ClN3. The van der Waals surface area contributed by atoms with Crippen molar-refractivity contribution in [2.24, 2.45) is 0 Å². The number of halogens is 1. The van der Waals surface area contributed by atoms with Crippen LogP contribution in [0.1, 0.15) is 36.5 Å². The lowest BCUT2D eigenvalue weighted by Crippen LogP contribution is -2.20. The van der Waals surface area contributed by atoms with Crippen molar-refractivity contribution in [3.05, 3.63) is 52.4 Å². The van der Waals surface area contributed by atoms with Crippen LogP contribution in [0.3, 0.4) is 0 Å². The van der Waals surface area contributed by atoms with Crippen molar-refractivity contribution in [1.82, 2.24) is 9.97 Å². The van der Waals surface area contributed by atoms with Crippen LogP contribution < -0.4 is 4.90 Å². The Morgan fingerprint density at radius 2 is 1.90 bits per heavy atom. The molecule has 0 spiro atoms. The molecule has 1 aromatic heterocycles. The van der Waals surface area contributed by atoms with Crippen molar-refractivity contribution in [3.8, 4) is 0 Å². The maximum Gasteiger partial charge on any atom is 0.138 e. The summed E-state index contributed by atoms with van der Waals surface area (Å²) in [5, 5.41) is 0.543. The summed E-state index contributed by atoms with van der Waals surface area (Å²) in [7, 11) is 2.04. The van der Waals surface area contributed by atoms with Gasteiger partial charge in [-0.25, -0.2) is 9.97 Å². The van der Waals surface area contributed by atoms with Gasteiger partial charge in [0.1, 0.15) is 17.3 Å². The SMILES string of the molecule is Cc1ccccc1CN(C)c1ncnc(Cl)c1C(C)C. The van der Waals surface area contributed by atoms with Gasteiger partial charge in [-0.3, -0.25) is 0 Å². The molecule has 20 heavy (non-hydrogen) atoms. The van der Waals surface area contributed by atoms with Gasteiger partial charge in [0.05, 0.1) is 0 Å². The van der Waals surface area contributed by atoms with Gasteiger partial charge in [0, 0.05) is 19.2 Å². The number of aromatic nitrogens is 2. The third-order valence-corrected chi connectivity index (χ3v) is 3.72. The van der Waals surface area contributed by atoms with Gasteiger partial charge in [0.15, 0.2) is 0 Å². The lowest BCUT2D eigenvalue weighted by Gasteiger charge is -2.23. The summed E-state index contributed by atoms with van der Waals surface area (Å²) in [6.45, 7) is 7.14. The number of rotatable bonds is 4. The van der Waals surface area contributed by atoms with Crippen molar-refractivity contribution in [2.45, 2.75) is 33.2 Å². The largest absolute Gasteiger partial charge is 0.355 e. The van der Waals surface area contributed by atoms with Gasteiger partial charge in [-0.2, -0.15) is 0 Å². The molecule has 0 radical (unpaired) electrons. The Balaban J connectivity index is 2.33. The van der Waals surface area contributed by atoms with Crippen molar-refractivity contribution in [2.75, 3.05) is 11.9 Å². The molecule has 0 fully saturated rings. The van der Waals surface area contributed by atoms with Gasteiger partial charge in [0.25, 0.3) is 0 Å². The molecule has 2 rings (SSSR count). The van der Waals surface area contributed by atoms with Gasteiger partial charge in [0.2, 0.25) is 0 Å². The molecule has 4 heteroatoms. The first-order valence-electron chi connectivity index (χ1n) is 6.76. The second kappa shape index (κ2) is 6.23. The molecule has 0 aliphatic rings. The first-order valence-corrected chi connectivity index (χ1v) is 7.14. The highest BCUT2D eigenvalue weighted by Gasteiger charge is 2.17. The van der Waals surface area contributed by atoms with Crippen LogP contribution >= 0.6 is 11.6 Å². The summed E-state index contributed by atoms with van der Waals surface area (Å²) < 4.78 is 0. The van der Waals surface area contributed by atoms with E-state index in [1.165, 1.54) is 17.5 Å². The zero-order valence-corrected chi connectivity index (χ0v) is 13.1. The van der Waals surface area contributed by atoms with Gasteiger partial charge >= 0.3 is 0 Å². The second-order valence-corrected chi connectivity index (χ2v) is 5.70. The average molecular weight is 290 g/mol. The molecule has 106 valence electrons. The number of anilines is 1. The van der Waals surface area contributed by atoms with Crippen molar-refractivity contribution >= 4 is 17.4 Å². The molecule has 1 aromatic carbocycles. The first kappa shape index (κ1) is 14.8. The summed E-state index contributed by atoms with van der Waals surface area (Å²) in [5.41, 5.74) is 3.58. The Labute approximate surface area is 125 Å². The zero-order valence-electron chi connectivity index (χ0n) is 12.4. The van der Waals surface area contributed by atoms with Crippen LogP contribution in [-0.2, 0) is 6.54 Å².